The van der Waals surface area contributed by atoms with Crippen molar-refractivity contribution < 1.29 is 14.4 Å². The zero-order valence-electron chi connectivity index (χ0n) is 16.0. The molecule has 0 spiro atoms. The van der Waals surface area contributed by atoms with Crippen LogP contribution in [0.1, 0.15) is 70.4 Å². The Morgan fingerprint density at radius 1 is 1.19 bits per heavy atom. The minimum Gasteiger partial charge on any atom is -0.354 e. The van der Waals surface area contributed by atoms with Crippen LogP contribution in [0.2, 0.25) is 0 Å². The van der Waals surface area contributed by atoms with Crippen LogP contribution in [0.5, 0.6) is 0 Å². The second-order valence-electron chi connectivity index (χ2n) is 7.83. The van der Waals surface area contributed by atoms with Crippen LogP contribution in [-0.2, 0) is 14.4 Å². The van der Waals surface area contributed by atoms with Crippen LogP contribution < -0.4 is 16.0 Å². The monoisotopic (exact) mass is 375 g/mol. The van der Waals surface area contributed by atoms with Crippen LogP contribution in [-0.4, -0.2) is 40.0 Å². The van der Waals surface area contributed by atoms with Gasteiger partial charge >= 0.3 is 0 Å². The number of H-pyrrole nitrogens is 1. The molecular formula is C19H29N5O3. The lowest BCUT2D eigenvalue weighted by Gasteiger charge is -2.34. The number of carbonyl (C=O) groups is 3. The summed E-state index contributed by atoms with van der Waals surface area (Å²) in [4.78, 5) is 35.7. The summed E-state index contributed by atoms with van der Waals surface area (Å²) in [5.74, 6) is 0.474. The second kappa shape index (κ2) is 8.54. The summed E-state index contributed by atoms with van der Waals surface area (Å²) in [6.07, 6.45) is 6.89. The van der Waals surface area contributed by atoms with Gasteiger partial charge in [0.25, 0.3) is 0 Å². The number of anilines is 1. The molecule has 0 unspecified atom stereocenters. The molecular weight excluding hydrogens is 346 g/mol. The zero-order chi connectivity index (χ0) is 19.4. The van der Waals surface area contributed by atoms with Crippen molar-refractivity contribution in [2.75, 3.05) is 5.32 Å². The van der Waals surface area contributed by atoms with E-state index in [-0.39, 0.29) is 29.7 Å². The topological polar surface area (TPSA) is 116 Å². The first-order valence-corrected chi connectivity index (χ1v) is 9.86. The molecule has 27 heavy (non-hydrogen) atoms. The van der Waals surface area contributed by atoms with E-state index in [0.29, 0.717) is 11.7 Å². The fraction of sp³-hybridized carbons (Fsp3) is 0.684. The average Bonchev–Trinajstić information content (AvgIpc) is 3.06. The van der Waals surface area contributed by atoms with Crippen molar-refractivity contribution in [2.24, 2.45) is 5.92 Å². The van der Waals surface area contributed by atoms with Gasteiger partial charge in [0.1, 0.15) is 6.04 Å². The average molecular weight is 375 g/mol. The Morgan fingerprint density at radius 2 is 1.89 bits per heavy atom. The lowest BCUT2D eigenvalue weighted by molar-refractivity contribution is -0.129. The highest BCUT2D eigenvalue weighted by atomic mass is 16.2. The molecule has 0 radical (unpaired) electrons. The van der Waals surface area contributed by atoms with Gasteiger partial charge in [-0.2, -0.15) is 5.10 Å². The molecule has 1 heterocycles. The molecule has 3 rings (SSSR count). The van der Waals surface area contributed by atoms with Crippen LogP contribution in [0, 0.1) is 5.92 Å². The summed E-state index contributed by atoms with van der Waals surface area (Å²) in [6, 6.07) is 1.43. The van der Waals surface area contributed by atoms with Crippen LogP contribution in [0.4, 0.5) is 5.82 Å². The Morgan fingerprint density at radius 3 is 2.56 bits per heavy atom. The molecule has 1 aromatic heterocycles. The summed E-state index contributed by atoms with van der Waals surface area (Å²) in [6.45, 7) is 3.21. The third-order valence-electron chi connectivity index (χ3n) is 5.56. The second-order valence-corrected chi connectivity index (χ2v) is 7.83. The van der Waals surface area contributed by atoms with Gasteiger partial charge in [0.05, 0.1) is 0 Å². The number of nitrogens with one attached hydrogen (secondary N) is 4. The highest BCUT2D eigenvalue weighted by Gasteiger charge is 2.32. The third kappa shape index (κ3) is 5.08. The van der Waals surface area contributed by atoms with Gasteiger partial charge in [-0.3, -0.25) is 19.5 Å². The van der Waals surface area contributed by atoms with E-state index in [1.54, 1.807) is 6.92 Å². The summed E-state index contributed by atoms with van der Waals surface area (Å²) < 4.78 is 0. The molecule has 8 nitrogen and oxygen atoms in total. The van der Waals surface area contributed by atoms with Gasteiger partial charge in [-0.15, -0.1) is 0 Å². The predicted octanol–water partition coefficient (Wildman–Crippen LogP) is 1.82. The van der Waals surface area contributed by atoms with Crippen LogP contribution in [0.15, 0.2) is 6.07 Å². The van der Waals surface area contributed by atoms with E-state index >= 15 is 0 Å². The van der Waals surface area contributed by atoms with E-state index in [1.807, 2.05) is 6.07 Å². The molecule has 2 aliphatic carbocycles. The van der Waals surface area contributed by atoms with Crippen LogP contribution in [0.3, 0.4) is 0 Å². The van der Waals surface area contributed by atoms with Crippen molar-refractivity contribution in [3.63, 3.8) is 0 Å². The first kappa shape index (κ1) is 19.4. The van der Waals surface area contributed by atoms with Gasteiger partial charge < -0.3 is 16.0 Å². The van der Waals surface area contributed by atoms with Gasteiger partial charge in [0, 0.05) is 36.6 Å². The Kier molecular flexibility index (Phi) is 6.13. The van der Waals surface area contributed by atoms with Crippen molar-refractivity contribution in [1.82, 2.24) is 20.8 Å². The maximum Gasteiger partial charge on any atom is 0.247 e. The lowest BCUT2D eigenvalue weighted by Crippen LogP contribution is -2.44. The highest BCUT2D eigenvalue weighted by Crippen LogP contribution is 2.36. The van der Waals surface area contributed by atoms with E-state index in [0.717, 1.165) is 44.2 Å². The largest absolute Gasteiger partial charge is 0.354 e. The van der Waals surface area contributed by atoms with Crippen molar-refractivity contribution in [1.29, 1.82) is 0 Å². The molecule has 8 heteroatoms. The maximum atomic E-state index is 12.3. The number of amides is 3. The first-order chi connectivity index (χ1) is 12.9. The summed E-state index contributed by atoms with van der Waals surface area (Å²) >= 11 is 0. The van der Waals surface area contributed by atoms with E-state index in [9.17, 15) is 14.4 Å². The lowest BCUT2D eigenvalue weighted by atomic mass is 9.78. The van der Waals surface area contributed by atoms with Crippen molar-refractivity contribution in [2.45, 2.75) is 76.8 Å². The molecule has 2 saturated carbocycles. The van der Waals surface area contributed by atoms with Gasteiger partial charge in [0.2, 0.25) is 17.7 Å². The van der Waals surface area contributed by atoms with Crippen molar-refractivity contribution in [3.8, 4) is 0 Å². The SMILES string of the molecule is CC(=O)NC1CC(c2cc(NC(=O)[C@@H](C)NC(=O)C3CCCCC3)n[nH]2)C1. The quantitative estimate of drug-likeness (QED) is 0.607. The Balaban J connectivity index is 1.45. The van der Waals surface area contributed by atoms with Gasteiger partial charge in [0.15, 0.2) is 5.82 Å². The van der Waals surface area contributed by atoms with E-state index in [2.05, 4.69) is 26.1 Å². The van der Waals surface area contributed by atoms with Crippen molar-refractivity contribution >= 4 is 23.5 Å². The molecule has 4 N–H and O–H groups in total. The summed E-state index contributed by atoms with van der Waals surface area (Å²) in [5, 5.41) is 15.6. The van der Waals surface area contributed by atoms with Crippen LogP contribution in [0.25, 0.3) is 0 Å². The minimum absolute atomic E-state index is 0.0136. The number of rotatable bonds is 6. The first-order valence-electron chi connectivity index (χ1n) is 9.86. The Bertz CT molecular complexity index is 689. The van der Waals surface area contributed by atoms with E-state index < -0.39 is 6.04 Å². The van der Waals surface area contributed by atoms with E-state index in [1.165, 1.54) is 13.3 Å². The molecule has 1 atom stereocenters. The molecule has 0 bridgehead atoms. The summed E-state index contributed by atoms with van der Waals surface area (Å²) in [5.41, 5.74) is 0.950. The predicted molar refractivity (Wildman–Crippen MR) is 101 cm³/mol. The molecule has 0 aromatic carbocycles. The smallest absolute Gasteiger partial charge is 0.247 e. The molecule has 1 aromatic rings. The normalized spacial score (nSPS) is 23.8. The molecule has 2 fully saturated rings. The standard InChI is InChI=1S/C19H29N5O3/c1-11(20-19(27)13-6-4-3-5-7-13)18(26)22-17-10-16(23-24-17)14-8-15(9-14)21-12(2)25/h10-11,13-15H,3-9H2,1-2H3,(H,20,27)(H,21,25)(H2,22,23,24,26)/t11-,14?,15?/m1/s1. The van der Waals surface area contributed by atoms with Crippen molar-refractivity contribution in [3.05, 3.63) is 11.8 Å². The fourth-order valence-electron chi connectivity index (χ4n) is 3.88. The number of hydrogen-bond acceptors (Lipinski definition) is 4. The maximum absolute atomic E-state index is 12.3. The van der Waals surface area contributed by atoms with Crippen LogP contribution >= 0.6 is 0 Å². The molecule has 0 aliphatic heterocycles. The number of aromatic amines is 1. The number of hydrogen-bond donors (Lipinski definition) is 4. The number of carbonyl (C=O) groups excluding carboxylic acids is 3. The fourth-order valence-corrected chi connectivity index (χ4v) is 3.88. The molecule has 2 aliphatic rings. The third-order valence-corrected chi connectivity index (χ3v) is 5.56. The van der Waals surface area contributed by atoms with Gasteiger partial charge in [-0.05, 0) is 32.6 Å². The minimum atomic E-state index is -0.604. The van der Waals surface area contributed by atoms with Gasteiger partial charge in [-0.1, -0.05) is 19.3 Å². The molecule has 0 saturated heterocycles. The summed E-state index contributed by atoms with van der Waals surface area (Å²) in [7, 11) is 0. The number of nitrogens with zero attached hydrogens (tertiary/aromatic N) is 1. The molecule has 3 amide bonds. The number of aromatic nitrogens is 2. The van der Waals surface area contributed by atoms with E-state index in [4.69, 9.17) is 0 Å². The zero-order valence-corrected chi connectivity index (χ0v) is 16.0. The molecule has 148 valence electrons. The highest BCUT2D eigenvalue weighted by molar-refractivity contribution is 5.96. The van der Waals surface area contributed by atoms with Gasteiger partial charge in [-0.25, -0.2) is 0 Å². The Hall–Kier alpha value is -2.38. The Labute approximate surface area is 159 Å².